The molecule has 0 saturated carbocycles. The lowest BCUT2D eigenvalue weighted by Gasteiger charge is -2.29. The topological polar surface area (TPSA) is 42.4 Å². The van der Waals surface area contributed by atoms with Gasteiger partial charge in [0, 0.05) is 18.5 Å². The van der Waals surface area contributed by atoms with Crippen molar-refractivity contribution in [3.8, 4) is 5.75 Å². The first kappa shape index (κ1) is 16.9. The molecule has 0 aliphatic carbocycles. The molecule has 1 rings (SSSR count). The molecule has 0 unspecified atom stereocenters. The zero-order valence-corrected chi connectivity index (χ0v) is 14.5. The summed E-state index contributed by atoms with van der Waals surface area (Å²) in [5.74, 6) is 0.501. The van der Waals surface area contributed by atoms with Crippen molar-refractivity contribution in [2.45, 2.75) is 46.2 Å². The van der Waals surface area contributed by atoms with E-state index in [1.54, 1.807) is 17.0 Å². The van der Waals surface area contributed by atoms with E-state index in [9.17, 15) is 4.79 Å². The number of pyridine rings is 1. The smallest absolute Gasteiger partial charge is 0.408 e. The molecule has 1 amide bonds. The number of hydrogen-bond donors (Lipinski definition) is 0. The van der Waals surface area contributed by atoms with Gasteiger partial charge < -0.3 is 9.64 Å². The highest BCUT2D eigenvalue weighted by Crippen LogP contribution is 2.21. The molecule has 1 aromatic heterocycles. The molecular weight excluding hydrogens is 367 g/mol. The minimum Gasteiger partial charge on any atom is -0.408 e. The molecule has 0 aliphatic rings. The van der Waals surface area contributed by atoms with Crippen LogP contribution in [-0.4, -0.2) is 28.1 Å². The van der Waals surface area contributed by atoms with E-state index in [1.807, 2.05) is 33.8 Å². The molecule has 1 aromatic rings. The van der Waals surface area contributed by atoms with Crippen molar-refractivity contribution >= 4 is 28.7 Å². The summed E-state index contributed by atoms with van der Waals surface area (Å²) in [5, 5.41) is 0. The Hall–Kier alpha value is -1.11. The van der Waals surface area contributed by atoms with E-state index >= 15 is 0 Å². The number of ether oxygens (including phenoxy) is 1. The molecule has 0 spiro atoms. The predicted molar refractivity (Wildman–Crippen MR) is 89.0 cm³/mol. The van der Waals surface area contributed by atoms with Gasteiger partial charge in [-0.15, -0.1) is 6.58 Å². The average molecular weight is 388 g/mol. The van der Waals surface area contributed by atoms with Crippen molar-refractivity contribution in [2.24, 2.45) is 0 Å². The fourth-order valence-corrected chi connectivity index (χ4v) is 2.47. The fraction of sp³-hybridized carbons (Fsp3) is 0.467. The fourth-order valence-electron chi connectivity index (χ4n) is 2.00. The van der Waals surface area contributed by atoms with E-state index < -0.39 is 0 Å². The van der Waals surface area contributed by atoms with Gasteiger partial charge in [0.15, 0.2) is 5.75 Å². The van der Waals surface area contributed by atoms with Crippen molar-refractivity contribution in [3.05, 3.63) is 34.2 Å². The number of halogens is 1. The standard InChI is InChI=1S/C15H21IN2O2/c1-6-7-12-13(8-9-14(16)17-12)20-15(19)18(10(2)3)11(4)5/h6,8-11H,1,7H2,2-5H3. The van der Waals surface area contributed by atoms with Crippen molar-refractivity contribution in [1.29, 1.82) is 0 Å². The van der Waals surface area contributed by atoms with Crippen molar-refractivity contribution < 1.29 is 9.53 Å². The van der Waals surface area contributed by atoms with Gasteiger partial charge >= 0.3 is 6.09 Å². The van der Waals surface area contributed by atoms with E-state index in [1.165, 1.54) is 0 Å². The summed E-state index contributed by atoms with van der Waals surface area (Å²) < 4.78 is 6.38. The Morgan fingerprint density at radius 3 is 2.50 bits per heavy atom. The van der Waals surface area contributed by atoms with Gasteiger partial charge in [-0.1, -0.05) is 6.08 Å². The SMILES string of the molecule is C=CCc1nc(I)ccc1OC(=O)N(C(C)C)C(C)C. The maximum atomic E-state index is 12.3. The lowest BCUT2D eigenvalue weighted by Crippen LogP contribution is -2.43. The summed E-state index contributed by atoms with van der Waals surface area (Å²) in [6.07, 6.45) is 1.98. The molecule has 0 atom stereocenters. The number of hydrogen-bond acceptors (Lipinski definition) is 3. The zero-order valence-electron chi connectivity index (χ0n) is 12.4. The molecule has 0 fully saturated rings. The summed E-state index contributed by atoms with van der Waals surface area (Å²) in [4.78, 5) is 18.4. The molecule has 0 aromatic carbocycles. The number of allylic oxidation sites excluding steroid dienone is 1. The number of rotatable bonds is 5. The Morgan fingerprint density at radius 2 is 2.00 bits per heavy atom. The first-order chi connectivity index (χ1) is 9.36. The number of amides is 1. The van der Waals surface area contributed by atoms with Gasteiger partial charge in [-0.2, -0.15) is 0 Å². The largest absolute Gasteiger partial charge is 0.415 e. The van der Waals surface area contributed by atoms with Gasteiger partial charge in [-0.25, -0.2) is 9.78 Å². The van der Waals surface area contributed by atoms with Gasteiger partial charge in [0.05, 0.1) is 5.69 Å². The van der Waals surface area contributed by atoms with Crippen LogP contribution in [0.3, 0.4) is 0 Å². The highest BCUT2D eigenvalue weighted by Gasteiger charge is 2.23. The van der Waals surface area contributed by atoms with Gasteiger partial charge in [0.25, 0.3) is 0 Å². The maximum Gasteiger partial charge on any atom is 0.415 e. The minimum absolute atomic E-state index is 0.0853. The lowest BCUT2D eigenvalue weighted by atomic mass is 10.2. The summed E-state index contributed by atoms with van der Waals surface area (Å²) in [6, 6.07) is 3.78. The summed E-state index contributed by atoms with van der Waals surface area (Å²) in [6.45, 7) is 11.6. The molecule has 0 radical (unpaired) electrons. The average Bonchev–Trinajstić information content (AvgIpc) is 2.32. The normalized spacial score (nSPS) is 10.8. The molecule has 4 nitrogen and oxygen atoms in total. The Bertz CT molecular complexity index is 479. The second-order valence-electron chi connectivity index (χ2n) is 5.03. The van der Waals surface area contributed by atoms with Gasteiger partial charge in [-0.05, 0) is 62.4 Å². The van der Waals surface area contributed by atoms with Crippen LogP contribution >= 0.6 is 22.6 Å². The number of nitrogens with zero attached hydrogens (tertiary/aromatic N) is 2. The van der Waals surface area contributed by atoms with Crippen LogP contribution in [0.2, 0.25) is 0 Å². The third-order valence-corrected chi connectivity index (χ3v) is 3.36. The van der Waals surface area contributed by atoms with Gasteiger partial charge in [-0.3, -0.25) is 0 Å². The Kier molecular flexibility index (Phi) is 6.45. The van der Waals surface area contributed by atoms with Gasteiger partial charge in [0.1, 0.15) is 3.70 Å². The second-order valence-corrected chi connectivity index (χ2v) is 6.14. The van der Waals surface area contributed by atoms with Crippen LogP contribution in [0.5, 0.6) is 5.75 Å². The van der Waals surface area contributed by atoms with Crippen LogP contribution in [0.15, 0.2) is 24.8 Å². The molecule has 110 valence electrons. The molecule has 20 heavy (non-hydrogen) atoms. The summed E-state index contributed by atoms with van der Waals surface area (Å²) in [5.41, 5.74) is 0.729. The van der Waals surface area contributed by atoms with Crippen molar-refractivity contribution in [3.63, 3.8) is 0 Å². The Labute approximate surface area is 134 Å². The minimum atomic E-state index is -0.344. The molecule has 0 N–H and O–H groups in total. The second kappa shape index (κ2) is 7.61. The van der Waals surface area contributed by atoms with Gasteiger partial charge in [0.2, 0.25) is 0 Å². The third kappa shape index (κ3) is 4.47. The predicted octanol–water partition coefficient (Wildman–Crippen LogP) is 4.03. The van der Waals surface area contributed by atoms with Crippen LogP contribution in [0.1, 0.15) is 33.4 Å². The molecule has 0 aliphatic heterocycles. The maximum absolute atomic E-state index is 12.3. The van der Waals surface area contributed by atoms with E-state index in [0.29, 0.717) is 12.2 Å². The van der Waals surface area contributed by atoms with Crippen molar-refractivity contribution in [2.75, 3.05) is 0 Å². The summed E-state index contributed by atoms with van der Waals surface area (Å²) in [7, 11) is 0. The third-order valence-electron chi connectivity index (χ3n) is 2.76. The van der Waals surface area contributed by atoms with E-state index in [4.69, 9.17) is 4.74 Å². The molecule has 5 heteroatoms. The first-order valence-corrected chi connectivity index (χ1v) is 7.71. The molecule has 0 bridgehead atoms. The highest BCUT2D eigenvalue weighted by molar-refractivity contribution is 14.1. The Balaban J connectivity index is 2.97. The highest BCUT2D eigenvalue weighted by atomic mass is 127. The van der Waals surface area contributed by atoms with E-state index in [-0.39, 0.29) is 18.2 Å². The number of aromatic nitrogens is 1. The zero-order chi connectivity index (χ0) is 15.3. The van der Waals surface area contributed by atoms with Crippen LogP contribution in [-0.2, 0) is 6.42 Å². The van der Waals surface area contributed by atoms with E-state index in [0.717, 1.165) is 9.39 Å². The Morgan fingerprint density at radius 1 is 1.40 bits per heavy atom. The first-order valence-electron chi connectivity index (χ1n) is 6.63. The lowest BCUT2D eigenvalue weighted by molar-refractivity contribution is 0.122. The molecule has 0 saturated heterocycles. The van der Waals surface area contributed by atoms with Crippen LogP contribution in [0.4, 0.5) is 4.79 Å². The summed E-state index contributed by atoms with van der Waals surface area (Å²) >= 11 is 2.13. The van der Waals surface area contributed by atoms with Crippen molar-refractivity contribution in [1.82, 2.24) is 9.88 Å². The monoisotopic (exact) mass is 388 g/mol. The molecule has 1 heterocycles. The van der Waals surface area contributed by atoms with E-state index in [2.05, 4.69) is 34.2 Å². The molecular formula is C15H21IN2O2. The number of carbonyl (C=O) groups excluding carboxylic acids is 1. The number of carbonyl (C=O) groups is 1. The van der Waals surface area contributed by atoms with Crippen LogP contribution in [0.25, 0.3) is 0 Å². The van der Waals surface area contributed by atoms with Crippen LogP contribution in [0, 0.1) is 3.70 Å². The van der Waals surface area contributed by atoms with Crippen LogP contribution < -0.4 is 4.74 Å². The quantitative estimate of drug-likeness (QED) is 0.435.